The number of hydrogen-bond donors (Lipinski definition) is 1. The van der Waals surface area contributed by atoms with Crippen LogP contribution in [0.3, 0.4) is 0 Å². The molecule has 0 spiro atoms. The number of nitrogens with one attached hydrogen (secondary N) is 1. The Labute approximate surface area is 82.1 Å². The van der Waals surface area contributed by atoms with Crippen LogP contribution in [0.4, 0.5) is 8.78 Å². The third-order valence-corrected chi connectivity index (χ3v) is 2.71. The molecule has 1 aliphatic carbocycles. The van der Waals surface area contributed by atoms with Gasteiger partial charge in [0.25, 0.3) is 0 Å². The molecule has 0 amide bonds. The Morgan fingerprint density at radius 1 is 1.00 bits per heavy atom. The summed E-state index contributed by atoms with van der Waals surface area (Å²) < 4.78 is 23.9. The molecule has 3 rings (SSSR count). The van der Waals surface area contributed by atoms with Crippen molar-refractivity contribution in [1.29, 1.82) is 0 Å². The zero-order valence-electron chi connectivity index (χ0n) is 7.84. The molecule has 2 unspecified atom stereocenters. The molecule has 1 aromatic carbocycles. The van der Waals surface area contributed by atoms with Gasteiger partial charge in [0.1, 0.15) is 0 Å². The molecular formula is C11H13F2N. The van der Waals surface area contributed by atoms with Crippen LogP contribution in [0.5, 0.6) is 0 Å². The summed E-state index contributed by atoms with van der Waals surface area (Å²) in [6, 6.07) is 5.04. The Morgan fingerprint density at radius 2 is 1.50 bits per heavy atom. The highest BCUT2D eigenvalue weighted by atomic mass is 19.2. The minimum Gasteiger partial charge on any atom is -0.316 e. The third-order valence-electron chi connectivity index (χ3n) is 2.71. The third kappa shape index (κ3) is 2.29. The van der Waals surface area contributed by atoms with E-state index in [2.05, 4.69) is 5.32 Å². The lowest BCUT2D eigenvalue weighted by Crippen LogP contribution is -2.10. The summed E-state index contributed by atoms with van der Waals surface area (Å²) in [7, 11) is 0. The van der Waals surface area contributed by atoms with E-state index in [4.69, 9.17) is 0 Å². The Morgan fingerprint density at radius 3 is 1.71 bits per heavy atom. The van der Waals surface area contributed by atoms with Crippen molar-refractivity contribution >= 4 is 0 Å². The van der Waals surface area contributed by atoms with E-state index in [1.807, 2.05) is 0 Å². The van der Waals surface area contributed by atoms with Crippen LogP contribution in [-0.2, 0) is 0 Å². The largest absolute Gasteiger partial charge is 0.316 e. The van der Waals surface area contributed by atoms with E-state index in [1.54, 1.807) is 0 Å². The van der Waals surface area contributed by atoms with Gasteiger partial charge in [-0.3, -0.25) is 0 Å². The van der Waals surface area contributed by atoms with Gasteiger partial charge in [-0.15, -0.1) is 0 Å². The van der Waals surface area contributed by atoms with Gasteiger partial charge in [-0.2, -0.15) is 0 Å². The van der Waals surface area contributed by atoms with Gasteiger partial charge in [0.15, 0.2) is 11.6 Å². The SMILES string of the molecule is C1NCC2CC12.Fc1ccccc1F. The fourth-order valence-electron chi connectivity index (χ4n) is 1.70. The highest BCUT2D eigenvalue weighted by Gasteiger charge is 2.40. The zero-order chi connectivity index (χ0) is 9.97. The lowest BCUT2D eigenvalue weighted by Gasteiger charge is -1.87. The van der Waals surface area contributed by atoms with Crippen LogP contribution in [0.2, 0.25) is 0 Å². The molecular weight excluding hydrogens is 184 g/mol. The fraction of sp³-hybridized carbons (Fsp3) is 0.455. The van der Waals surface area contributed by atoms with Gasteiger partial charge in [0.05, 0.1) is 0 Å². The van der Waals surface area contributed by atoms with Crippen LogP contribution >= 0.6 is 0 Å². The number of piperidine rings is 1. The fourth-order valence-corrected chi connectivity index (χ4v) is 1.70. The van der Waals surface area contributed by atoms with E-state index in [-0.39, 0.29) is 0 Å². The second-order valence-corrected chi connectivity index (χ2v) is 3.83. The molecule has 1 aliphatic heterocycles. The lowest BCUT2D eigenvalue weighted by molar-refractivity contribution is 0.508. The standard InChI is InChI=1S/C6H4F2.C5H9N/c7-5-3-1-2-4-6(5)8;1-4-2-6-3-5(1)4/h1-4H;4-6H,1-3H2. The molecule has 1 N–H and O–H groups in total. The summed E-state index contributed by atoms with van der Waals surface area (Å²) >= 11 is 0. The first-order chi connectivity index (χ1) is 6.77. The minimum atomic E-state index is -0.799. The Kier molecular flexibility index (Phi) is 2.77. The molecule has 0 radical (unpaired) electrons. The summed E-state index contributed by atoms with van der Waals surface area (Å²) in [5, 5.41) is 3.32. The number of halogens is 2. The number of hydrogen-bond acceptors (Lipinski definition) is 1. The average Bonchev–Trinajstić information content (AvgIpc) is 2.80. The number of rotatable bonds is 0. The Balaban J connectivity index is 0.000000110. The monoisotopic (exact) mass is 197 g/mol. The maximum atomic E-state index is 11.9. The van der Waals surface area contributed by atoms with Crippen molar-refractivity contribution in [2.45, 2.75) is 6.42 Å². The normalized spacial score (nSPS) is 27.6. The van der Waals surface area contributed by atoms with Crippen LogP contribution in [0.1, 0.15) is 6.42 Å². The molecule has 2 atom stereocenters. The first-order valence-electron chi connectivity index (χ1n) is 4.88. The minimum absolute atomic E-state index is 0.799. The van der Waals surface area contributed by atoms with Crippen molar-refractivity contribution in [3.63, 3.8) is 0 Å². The number of fused-ring (bicyclic) bond motifs is 1. The van der Waals surface area contributed by atoms with Crippen molar-refractivity contribution in [3.05, 3.63) is 35.9 Å². The van der Waals surface area contributed by atoms with Gasteiger partial charge < -0.3 is 5.32 Å². The predicted octanol–water partition coefficient (Wildman–Crippen LogP) is 2.19. The van der Waals surface area contributed by atoms with Crippen molar-refractivity contribution in [1.82, 2.24) is 5.32 Å². The highest BCUT2D eigenvalue weighted by molar-refractivity contribution is 5.05. The van der Waals surface area contributed by atoms with Crippen LogP contribution in [0.25, 0.3) is 0 Å². The summed E-state index contributed by atoms with van der Waals surface area (Å²) in [4.78, 5) is 0. The topological polar surface area (TPSA) is 12.0 Å². The van der Waals surface area contributed by atoms with Crippen molar-refractivity contribution in [2.75, 3.05) is 13.1 Å². The molecule has 1 aromatic rings. The molecule has 1 nitrogen and oxygen atoms in total. The molecule has 2 aliphatic rings. The Bertz CT molecular complexity index is 285. The summed E-state index contributed by atoms with van der Waals surface area (Å²) in [5.41, 5.74) is 0. The van der Waals surface area contributed by atoms with Crippen LogP contribution in [0, 0.1) is 23.5 Å². The van der Waals surface area contributed by atoms with Crippen LogP contribution < -0.4 is 5.32 Å². The van der Waals surface area contributed by atoms with Gasteiger partial charge in [-0.25, -0.2) is 8.78 Å². The van der Waals surface area contributed by atoms with Crippen molar-refractivity contribution in [3.8, 4) is 0 Å². The maximum absolute atomic E-state index is 11.9. The van der Waals surface area contributed by atoms with E-state index < -0.39 is 11.6 Å². The van der Waals surface area contributed by atoms with E-state index in [1.165, 1.54) is 31.6 Å². The molecule has 1 heterocycles. The average molecular weight is 197 g/mol. The van der Waals surface area contributed by atoms with Crippen LogP contribution in [0.15, 0.2) is 24.3 Å². The van der Waals surface area contributed by atoms with Gasteiger partial charge in [0, 0.05) is 0 Å². The molecule has 0 bridgehead atoms. The molecule has 76 valence electrons. The molecule has 2 fully saturated rings. The zero-order valence-corrected chi connectivity index (χ0v) is 7.84. The van der Waals surface area contributed by atoms with E-state index in [0.29, 0.717) is 0 Å². The van der Waals surface area contributed by atoms with E-state index in [0.717, 1.165) is 24.0 Å². The van der Waals surface area contributed by atoms with Gasteiger partial charge in [-0.05, 0) is 43.5 Å². The highest BCUT2D eigenvalue weighted by Crippen LogP contribution is 2.40. The van der Waals surface area contributed by atoms with Crippen molar-refractivity contribution in [2.24, 2.45) is 11.8 Å². The van der Waals surface area contributed by atoms with Gasteiger partial charge in [0.2, 0.25) is 0 Å². The molecule has 0 aromatic heterocycles. The summed E-state index contributed by atoms with van der Waals surface area (Å²) in [6.45, 7) is 2.62. The quantitative estimate of drug-likeness (QED) is 0.672. The molecule has 3 heteroatoms. The van der Waals surface area contributed by atoms with Gasteiger partial charge >= 0.3 is 0 Å². The second kappa shape index (κ2) is 4.05. The molecule has 1 saturated carbocycles. The Hall–Kier alpha value is -0.960. The van der Waals surface area contributed by atoms with Crippen molar-refractivity contribution < 1.29 is 8.78 Å². The van der Waals surface area contributed by atoms with Crippen LogP contribution in [-0.4, -0.2) is 13.1 Å². The lowest BCUT2D eigenvalue weighted by atomic mass is 10.3. The number of benzene rings is 1. The molecule has 1 saturated heterocycles. The van der Waals surface area contributed by atoms with Gasteiger partial charge in [-0.1, -0.05) is 12.1 Å². The smallest absolute Gasteiger partial charge is 0.158 e. The van der Waals surface area contributed by atoms with E-state index in [9.17, 15) is 8.78 Å². The maximum Gasteiger partial charge on any atom is 0.158 e. The molecule has 14 heavy (non-hydrogen) atoms. The first-order valence-corrected chi connectivity index (χ1v) is 4.88. The second-order valence-electron chi connectivity index (χ2n) is 3.83. The summed E-state index contributed by atoms with van der Waals surface area (Å²) in [5.74, 6) is 0.606. The predicted molar refractivity (Wildman–Crippen MR) is 50.8 cm³/mol. The van der Waals surface area contributed by atoms with E-state index >= 15 is 0 Å². The first kappa shape index (κ1) is 9.59. The summed E-state index contributed by atoms with van der Waals surface area (Å²) in [6.07, 6.45) is 1.52.